The minimum atomic E-state index is -2.01. The van der Waals surface area contributed by atoms with Crippen molar-refractivity contribution in [3.05, 3.63) is 0 Å². The lowest BCUT2D eigenvalue weighted by atomic mass is 10.2. The van der Waals surface area contributed by atoms with Crippen molar-refractivity contribution in [2.45, 2.75) is 65.5 Å². The molecule has 6 heteroatoms. The number of carboxylic acid groups (broad SMARTS) is 1. The second-order valence-corrected chi connectivity index (χ2v) is 5.81. The molecule has 0 bridgehead atoms. The Balaban J connectivity index is 4.53. The molecular weight excluding hydrogens is 228 g/mol. The Morgan fingerprint density at radius 2 is 1.06 bits per heavy atom. The van der Waals surface area contributed by atoms with Crippen molar-refractivity contribution in [1.82, 2.24) is 0 Å². The van der Waals surface area contributed by atoms with Gasteiger partial charge in [0.15, 0.2) is 0 Å². The second kappa shape index (κ2) is 5.30. The zero-order valence-corrected chi connectivity index (χ0v) is 11.5. The minimum absolute atomic E-state index is 0.651. The van der Waals surface area contributed by atoms with E-state index in [1.165, 1.54) is 6.92 Å². The van der Waals surface area contributed by atoms with Gasteiger partial charge in [0.05, 0.1) is 11.2 Å². The molecule has 0 heterocycles. The molecule has 1 N–H and O–H groups in total. The highest BCUT2D eigenvalue weighted by Gasteiger charge is 2.41. The minimum Gasteiger partial charge on any atom is -0.477 e. The molecule has 0 aromatic rings. The van der Waals surface area contributed by atoms with E-state index in [0.717, 1.165) is 0 Å². The maximum Gasteiger partial charge on any atom is 0.369 e. The SMILES string of the molecule is CC(C)(C)OOC(C)(OOC(C)(C)C)C(=O)O. The van der Waals surface area contributed by atoms with Gasteiger partial charge in [0.25, 0.3) is 0 Å². The molecule has 0 amide bonds. The van der Waals surface area contributed by atoms with Crippen LogP contribution in [0.3, 0.4) is 0 Å². The van der Waals surface area contributed by atoms with Gasteiger partial charge in [-0.05, 0) is 41.5 Å². The van der Waals surface area contributed by atoms with Crippen LogP contribution in [0.2, 0.25) is 0 Å². The van der Waals surface area contributed by atoms with Crippen LogP contribution >= 0.6 is 0 Å². The maximum absolute atomic E-state index is 11.0. The Hall–Kier alpha value is -0.690. The summed E-state index contributed by atoms with van der Waals surface area (Å²) in [7, 11) is 0. The molecule has 0 aliphatic carbocycles. The van der Waals surface area contributed by atoms with E-state index in [9.17, 15) is 4.79 Å². The standard InChI is InChI=1S/C11H22O6/c1-9(2,3)14-16-11(7,8(12)13)17-15-10(4,5)6/h1-7H3,(H,12,13). The highest BCUT2D eigenvalue weighted by Crippen LogP contribution is 2.21. The summed E-state index contributed by atoms with van der Waals surface area (Å²) in [6.07, 6.45) is 0. The largest absolute Gasteiger partial charge is 0.477 e. The Bertz CT molecular complexity index is 242. The van der Waals surface area contributed by atoms with E-state index in [4.69, 9.17) is 24.7 Å². The highest BCUT2D eigenvalue weighted by molar-refractivity contribution is 5.74. The number of hydrogen-bond acceptors (Lipinski definition) is 5. The molecule has 0 atom stereocenters. The Morgan fingerprint density at radius 1 is 0.765 bits per heavy atom. The Kier molecular flexibility index (Phi) is 5.09. The Morgan fingerprint density at radius 3 is 1.24 bits per heavy atom. The molecule has 0 aliphatic heterocycles. The first-order valence-electron chi connectivity index (χ1n) is 5.33. The van der Waals surface area contributed by atoms with Crippen LogP contribution in [0, 0.1) is 0 Å². The summed E-state index contributed by atoms with van der Waals surface area (Å²) in [6, 6.07) is 0. The summed E-state index contributed by atoms with van der Waals surface area (Å²) in [5, 5.41) is 9.02. The van der Waals surface area contributed by atoms with Gasteiger partial charge in [-0.25, -0.2) is 14.6 Å². The van der Waals surface area contributed by atoms with Crippen LogP contribution in [-0.2, 0) is 24.3 Å². The summed E-state index contributed by atoms with van der Waals surface area (Å²) in [5.41, 5.74) is -1.30. The van der Waals surface area contributed by atoms with Crippen molar-refractivity contribution in [3.8, 4) is 0 Å². The first-order valence-corrected chi connectivity index (χ1v) is 5.33. The topological polar surface area (TPSA) is 74.2 Å². The number of carbonyl (C=O) groups is 1. The molecule has 102 valence electrons. The van der Waals surface area contributed by atoms with Gasteiger partial charge in [-0.1, -0.05) is 0 Å². The molecule has 0 aromatic carbocycles. The third-order valence-electron chi connectivity index (χ3n) is 1.29. The fourth-order valence-corrected chi connectivity index (χ4v) is 0.494. The van der Waals surface area contributed by atoms with Gasteiger partial charge in [-0.15, -0.1) is 0 Å². The quantitative estimate of drug-likeness (QED) is 0.458. The van der Waals surface area contributed by atoms with E-state index in [1.54, 1.807) is 41.5 Å². The highest BCUT2D eigenvalue weighted by atomic mass is 17.3. The average molecular weight is 250 g/mol. The number of aliphatic carboxylic acids is 1. The average Bonchev–Trinajstić information content (AvgIpc) is 2.09. The smallest absolute Gasteiger partial charge is 0.369 e. The molecule has 0 saturated heterocycles. The summed E-state index contributed by atoms with van der Waals surface area (Å²) < 4.78 is 0. The van der Waals surface area contributed by atoms with Crippen molar-refractivity contribution in [1.29, 1.82) is 0 Å². The van der Waals surface area contributed by atoms with Gasteiger partial charge in [0.2, 0.25) is 0 Å². The molecule has 17 heavy (non-hydrogen) atoms. The molecule has 0 unspecified atom stereocenters. The number of carboxylic acids is 1. The van der Waals surface area contributed by atoms with Gasteiger partial charge in [0.1, 0.15) is 0 Å². The van der Waals surface area contributed by atoms with Crippen LogP contribution in [0.4, 0.5) is 0 Å². The predicted molar refractivity (Wildman–Crippen MR) is 59.9 cm³/mol. The van der Waals surface area contributed by atoms with Crippen LogP contribution in [0.5, 0.6) is 0 Å². The van der Waals surface area contributed by atoms with Crippen molar-refractivity contribution < 1.29 is 29.5 Å². The normalized spacial score (nSPS) is 13.8. The number of hydrogen-bond donors (Lipinski definition) is 1. The van der Waals surface area contributed by atoms with E-state index < -0.39 is 23.0 Å². The van der Waals surface area contributed by atoms with Crippen LogP contribution in [-0.4, -0.2) is 28.1 Å². The molecule has 0 fully saturated rings. The Labute approximate surface area is 102 Å². The van der Waals surface area contributed by atoms with Crippen LogP contribution in [0.15, 0.2) is 0 Å². The zero-order valence-electron chi connectivity index (χ0n) is 11.5. The summed E-state index contributed by atoms with van der Waals surface area (Å²) in [6.45, 7) is 11.5. The van der Waals surface area contributed by atoms with Crippen molar-refractivity contribution >= 4 is 5.97 Å². The first-order chi connectivity index (χ1) is 7.36. The monoisotopic (exact) mass is 250 g/mol. The lowest BCUT2D eigenvalue weighted by Crippen LogP contribution is -2.45. The van der Waals surface area contributed by atoms with Crippen LogP contribution in [0.1, 0.15) is 48.5 Å². The number of rotatable bonds is 5. The molecule has 0 saturated carbocycles. The van der Waals surface area contributed by atoms with Crippen molar-refractivity contribution in [2.75, 3.05) is 0 Å². The molecule has 0 spiro atoms. The second-order valence-electron chi connectivity index (χ2n) is 5.81. The van der Waals surface area contributed by atoms with Crippen LogP contribution < -0.4 is 0 Å². The van der Waals surface area contributed by atoms with E-state index in [-0.39, 0.29) is 0 Å². The fraction of sp³-hybridized carbons (Fsp3) is 0.909. The summed E-state index contributed by atoms with van der Waals surface area (Å²) in [4.78, 5) is 30.5. The van der Waals surface area contributed by atoms with Crippen LogP contribution in [0.25, 0.3) is 0 Å². The van der Waals surface area contributed by atoms with Gasteiger partial charge in [-0.3, -0.25) is 0 Å². The zero-order chi connectivity index (χ0) is 13.9. The van der Waals surface area contributed by atoms with E-state index in [2.05, 4.69) is 0 Å². The molecule has 0 radical (unpaired) electrons. The van der Waals surface area contributed by atoms with Crippen molar-refractivity contribution in [3.63, 3.8) is 0 Å². The third kappa shape index (κ3) is 7.27. The fourth-order valence-electron chi connectivity index (χ4n) is 0.494. The molecule has 0 aromatic heterocycles. The predicted octanol–water partition coefficient (Wildman–Crippen LogP) is 2.28. The molecule has 6 nitrogen and oxygen atoms in total. The van der Waals surface area contributed by atoms with Gasteiger partial charge < -0.3 is 5.11 Å². The van der Waals surface area contributed by atoms with Gasteiger partial charge >= 0.3 is 11.8 Å². The van der Waals surface area contributed by atoms with E-state index in [1.807, 2.05) is 0 Å². The summed E-state index contributed by atoms with van der Waals surface area (Å²) >= 11 is 0. The van der Waals surface area contributed by atoms with Crippen molar-refractivity contribution in [2.24, 2.45) is 0 Å². The third-order valence-corrected chi connectivity index (χ3v) is 1.29. The lowest BCUT2D eigenvalue weighted by Gasteiger charge is -2.29. The van der Waals surface area contributed by atoms with Gasteiger partial charge in [-0.2, -0.15) is 9.78 Å². The first kappa shape index (κ1) is 16.3. The van der Waals surface area contributed by atoms with E-state index >= 15 is 0 Å². The maximum atomic E-state index is 11.0. The van der Waals surface area contributed by atoms with E-state index in [0.29, 0.717) is 0 Å². The van der Waals surface area contributed by atoms with Gasteiger partial charge in [0, 0.05) is 6.92 Å². The summed E-state index contributed by atoms with van der Waals surface area (Å²) in [5.74, 6) is -3.35. The lowest BCUT2D eigenvalue weighted by molar-refractivity contribution is -0.522. The molecular formula is C11H22O6. The molecule has 0 rings (SSSR count). The molecule has 0 aliphatic rings.